The third-order valence-corrected chi connectivity index (χ3v) is 3.28. The van der Waals surface area contributed by atoms with E-state index in [2.05, 4.69) is 11.8 Å². The molecule has 0 bridgehead atoms. The Morgan fingerprint density at radius 1 is 1.40 bits per heavy atom. The van der Waals surface area contributed by atoms with Crippen LogP contribution in [0.4, 0.5) is 0 Å². The summed E-state index contributed by atoms with van der Waals surface area (Å²) < 4.78 is 0. The summed E-state index contributed by atoms with van der Waals surface area (Å²) in [6.45, 7) is 5.16. The molecule has 0 spiro atoms. The van der Waals surface area contributed by atoms with Gasteiger partial charge >= 0.3 is 5.97 Å². The van der Waals surface area contributed by atoms with E-state index >= 15 is 0 Å². The molecule has 1 unspecified atom stereocenters. The van der Waals surface area contributed by atoms with Crippen molar-refractivity contribution in [3.05, 3.63) is 0 Å². The zero-order chi connectivity index (χ0) is 11.1. The van der Waals surface area contributed by atoms with Crippen LogP contribution in [0, 0.1) is 5.92 Å². The Hall–Kier alpha value is -0.570. The third kappa shape index (κ3) is 5.17. The summed E-state index contributed by atoms with van der Waals surface area (Å²) in [5.41, 5.74) is 0. The third-order valence-electron chi connectivity index (χ3n) is 3.28. The molecule has 1 rings (SSSR count). The fourth-order valence-electron chi connectivity index (χ4n) is 2.40. The van der Waals surface area contributed by atoms with E-state index in [0.29, 0.717) is 6.42 Å². The fourth-order valence-corrected chi connectivity index (χ4v) is 2.40. The van der Waals surface area contributed by atoms with Gasteiger partial charge in [-0.2, -0.15) is 0 Å². The van der Waals surface area contributed by atoms with Crippen LogP contribution in [0.2, 0.25) is 0 Å². The Kier molecular flexibility index (Phi) is 5.69. The number of rotatable bonds is 5. The van der Waals surface area contributed by atoms with Crippen LogP contribution in [0.25, 0.3) is 0 Å². The number of carboxylic acids is 1. The highest BCUT2D eigenvalue weighted by atomic mass is 16.4. The molecule has 1 fully saturated rings. The zero-order valence-electron chi connectivity index (χ0n) is 9.74. The van der Waals surface area contributed by atoms with Crippen molar-refractivity contribution < 1.29 is 9.90 Å². The molecule has 1 atom stereocenters. The molecule has 1 heterocycles. The Labute approximate surface area is 92.5 Å². The molecule has 0 aromatic carbocycles. The second kappa shape index (κ2) is 6.83. The van der Waals surface area contributed by atoms with Crippen molar-refractivity contribution in [3.8, 4) is 0 Å². The van der Waals surface area contributed by atoms with E-state index in [0.717, 1.165) is 25.6 Å². The summed E-state index contributed by atoms with van der Waals surface area (Å²) in [5.74, 6) is 0.203. The second-order valence-electron chi connectivity index (χ2n) is 4.57. The smallest absolute Gasteiger partial charge is 0.304 e. The maximum Gasteiger partial charge on any atom is 0.304 e. The molecule has 1 saturated heterocycles. The largest absolute Gasteiger partial charge is 0.481 e. The molecular formula is C12H23NO2. The van der Waals surface area contributed by atoms with E-state index in [1.165, 1.54) is 32.1 Å². The van der Waals surface area contributed by atoms with E-state index in [1.54, 1.807) is 0 Å². The summed E-state index contributed by atoms with van der Waals surface area (Å²) >= 11 is 0. The molecule has 88 valence electrons. The van der Waals surface area contributed by atoms with Crippen LogP contribution in [0.1, 0.15) is 45.4 Å². The molecule has 3 nitrogen and oxygen atoms in total. The van der Waals surface area contributed by atoms with Crippen LogP contribution in [0.5, 0.6) is 0 Å². The van der Waals surface area contributed by atoms with Crippen LogP contribution in [-0.4, -0.2) is 35.6 Å². The minimum Gasteiger partial charge on any atom is -0.481 e. The van der Waals surface area contributed by atoms with Crippen LogP contribution < -0.4 is 0 Å². The summed E-state index contributed by atoms with van der Waals surface area (Å²) in [6, 6.07) is 0. The lowest BCUT2D eigenvalue weighted by Gasteiger charge is -2.18. The van der Waals surface area contributed by atoms with E-state index < -0.39 is 5.97 Å². The van der Waals surface area contributed by atoms with Crippen LogP contribution in [0.3, 0.4) is 0 Å². The number of carbonyl (C=O) groups is 1. The van der Waals surface area contributed by atoms with Crippen LogP contribution in [-0.2, 0) is 4.79 Å². The Morgan fingerprint density at radius 3 is 2.87 bits per heavy atom. The van der Waals surface area contributed by atoms with E-state index in [9.17, 15) is 4.79 Å². The van der Waals surface area contributed by atoms with E-state index in [-0.39, 0.29) is 0 Å². The molecular weight excluding hydrogens is 190 g/mol. The van der Waals surface area contributed by atoms with Crippen molar-refractivity contribution >= 4 is 5.97 Å². The summed E-state index contributed by atoms with van der Waals surface area (Å²) in [4.78, 5) is 12.8. The first-order chi connectivity index (χ1) is 7.22. The molecule has 1 aliphatic heterocycles. The number of carboxylic acid groups (broad SMARTS) is 1. The van der Waals surface area contributed by atoms with Gasteiger partial charge in [0.15, 0.2) is 0 Å². The maximum atomic E-state index is 10.5. The van der Waals surface area contributed by atoms with E-state index in [1.807, 2.05) is 0 Å². The second-order valence-corrected chi connectivity index (χ2v) is 4.57. The topological polar surface area (TPSA) is 40.5 Å². The number of likely N-dealkylation sites (tertiary alicyclic amines) is 1. The van der Waals surface area contributed by atoms with Gasteiger partial charge in [-0.3, -0.25) is 4.79 Å². The predicted molar refractivity (Wildman–Crippen MR) is 60.9 cm³/mol. The highest BCUT2D eigenvalue weighted by Gasteiger charge is 2.16. The van der Waals surface area contributed by atoms with Gasteiger partial charge in [0.1, 0.15) is 0 Å². The Morgan fingerprint density at radius 2 is 2.20 bits per heavy atom. The highest BCUT2D eigenvalue weighted by molar-refractivity contribution is 5.66. The lowest BCUT2D eigenvalue weighted by Crippen LogP contribution is -2.27. The summed E-state index contributed by atoms with van der Waals surface area (Å²) in [7, 11) is 0. The van der Waals surface area contributed by atoms with Crippen molar-refractivity contribution in [1.82, 2.24) is 4.90 Å². The van der Waals surface area contributed by atoms with Gasteiger partial charge in [-0.25, -0.2) is 0 Å². The molecule has 0 saturated carbocycles. The molecule has 0 aliphatic carbocycles. The van der Waals surface area contributed by atoms with Gasteiger partial charge < -0.3 is 10.0 Å². The first-order valence-corrected chi connectivity index (χ1v) is 6.16. The number of aliphatic carboxylic acids is 1. The zero-order valence-corrected chi connectivity index (χ0v) is 9.74. The maximum absolute atomic E-state index is 10.5. The van der Waals surface area contributed by atoms with Crippen LogP contribution >= 0.6 is 0 Å². The Bertz CT molecular complexity index is 194. The lowest BCUT2D eigenvalue weighted by molar-refractivity contribution is -0.137. The quantitative estimate of drug-likeness (QED) is 0.762. The highest BCUT2D eigenvalue weighted by Crippen LogP contribution is 2.21. The lowest BCUT2D eigenvalue weighted by atomic mass is 9.96. The number of nitrogens with zero attached hydrogens (tertiary/aromatic N) is 1. The van der Waals surface area contributed by atoms with Gasteiger partial charge in [-0.05, 0) is 38.3 Å². The first kappa shape index (κ1) is 12.5. The monoisotopic (exact) mass is 213 g/mol. The average molecular weight is 213 g/mol. The summed E-state index contributed by atoms with van der Waals surface area (Å²) in [5, 5.41) is 8.62. The number of hydrogen-bond donors (Lipinski definition) is 1. The van der Waals surface area contributed by atoms with Crippen molar-refractivity contribution in [3.63, 3.8) is 0 Å². The first-order valence-electron chi connectivity index (χ1n) is 6.16. The molecule has 0 amide bonds. The van der Waals surface area contributed by atoms with Crippen molar-refractivity contribution in [2.24, 2.45) is 5.92 Å². The van der Waals surface area contributed by atoms with Gasteiger partial charge in [-0.15, -0.1) is 0 Å². The van der Waals surface area contributed by atoms with Gasteiger partial charge in [0, 0.05) is 6.54 Å². The predicted octanol–water partition coefficient (Wildman–Crippen LogP) is 2.36. The van der Waals surface area contributed by atoms with Crippen molar-refractivity contribution in [2.45, 2.75) is 45.4 Å². The molecule has 3 heteroatoms. The molecule has 0 aromatic rings. The minimum atomic E-state index is -0.677. The molecule has 0 radical (unpaired) electrons. The molecule has 0 aromatic heterocycles. The van der Waals surface area contributed by atoms with Gasteiger partial charge in [-0.1, -0.05) is 19.8 Å². The molecule has 15 heavy (non-hydrogen) atoms. The van der Waals surface area contributed by atoms with Crippen molar-refractivity contribution in [2.75, 3.05) is 19.6 Å². The van der Waals surface area contributed by atoms with Gasteiger partial charge in [0.25, 0.3) is 0 Å². The van der Waals surface area contributed by atoms with Gasteiger partial charge in [0.2, 0.25) is 0 Å². The molecule has 1 aliphatic rings. The number of hydrogen-bond acceptors (Lipinski definition) is 2. The SMILES string of the molecule is CCCC1CCCN(CCC(=O)O)CC1. The normalized spacial score (nSPS) is 23.7. The minimum absolute atomic E-state index is 0.290. The van der Waals surface area contributed by atoms with E-state index in [4.69, 9.17) is 5.11 Å². The summed E-state index contributed by atoms with van der Waals surface area (Å²) in [6.07, 6.45) is 6.74. The van der Waals surface area contributed by atoms with Gasteiger partial charge in [0.05, 0.1) is 6.42 Å². The van der Waals surface area contributed by atoms with Crippen LogP contribution in [0.15, 0.2) is 0 Å². The standard InChI is InChI=1S/C12H23NO2/c1-2-4-11-5-3-8-13(9-6-11)10-7-12(14)15/h11H,2-10H2,1H3,(H,14,15). The fraction of sp³-hybridized carbons (Fsp3) is 0.917. The average Bonchev–Trinajstić information content (AvgIpc) is 2.41. The Balaban J connectivity index is 2.23. The van der Waals surface area contributed by atoms with Crippen molar-refractivity contribution in [1.29, 1.82) is 0 Å². The molecule has 1 N–H and O–H groups in total.